The Morgan fingerprint density at radius 1 is 1.12 bits per heavy atom. The molecular weight excluding hydrogens is 647 g/mol. The zero-order chi connectivity index (χ0) is 37.7. The number of unbranched alkanes of at least 4 members (excludes halogenated alkanes) is 1. The molecule has 1 aromatic heterocycles. The monoisotopic (exact) mass is 708 g/mol. The summed E-state index contributed by atoms with van der Waals surface area (Å²) in [6, 6.07) is 7.05. The second-order valence-electron chi connectivity index (χ2n) is 15.6. The summed E-state index contributed by atoms with van der Waals surface area (Å²) in [5.74, 6) is -1.76. The van der Waals surface area contributed by atoms with Crippen molar-refractivity contribution in [1.82, 2.24) is 24.8 Å². The molecular formula is C38H61BN6O6. The van der Waals surface area contributed by atoms with E-state index in [4.69, 9.17) is 19.9 Å². The Morgan fingerprint density at radius 3 is 2.49 bits per heavy atom. The number of amides is 1. The first-order valence-corrected chi connectivity index (χ1v) is 18.8. The van der Waals surface area contributed by atoms with Crippen molar-refractivity contribution in [3.05, 3.63) is 30.5 Å². The van der Waals surface area contributed by atoms with Crippen LogP contribution in [0.1, 0.15) is 87.0 Å². The van der Waals surface area contributed by atoms with E-state index in [1.807, 2.05) is 67.7 Å². The summed E-state index contributed by atoms with van der Waals surface area (Å²) in [6.45, 7) is 15.7. The van der Waals surface area contributed by atoms with E-state index in [1.54, 1.807) is 14.0 Å². The lowest BCUT2D eigenvalue weighted by Gasteiger charge is -2.44. The van der Waals surface area contributed by atoms with Crippen LogP contribution >= 0.6 is 0 Å². The summed E-state index contributed by atoms with van der Waals surface area (Å²) in [4.78, 5) is 45.6. The summed E-state index contributed by atoms with van der Waals surface area (Å²) in [6.07, 6.45) is 5.12. The Bertz CT molecular complexity index is 1510. The smallest absolute Gasteiger partial charge is 0.410 e. The van der Waals surface area contributed by atoms with Gasteiger partial charge in [0.1, 0.15) is 31.3 Å². The van der Waals surface area contributed by atoms with Crippen molar-refractivity contribution in [2.45, 2.75) is 129 Å². The number of ketones is 1. The van der Waals surface area contributed by atoms with Gasteiger partial charge < -0.3 is 24.8 Å². The summed E-state index contributed by atoms with van der Waals surface area (Å²) in [5.41, 5.74) is 7.14. The maximum Gasteiger partial charge on any atom is 0.410 e. The summed E-state index contributed by atoms with van der Waals surface area (Å²) in [7, 11) is 5.87. The maximum atomic E-state index is 13.9. The SMILES string of the molecule is B[C@@]1(C(C)OC)CC[C@H](C)CCN(C)[C@@H](C)[C@H]2N(CCCCn3cc(-c4cccc(N)c4)nn3)C(=O)O[C@]2(C)[C@@H](CC)OC(=O)[C@H](C)C(=O)[C@@H]1C. The Kier molecular flexibility index (Phi) is 13.4. The molecule has 51 heavy (non-hydrogen) atoms. The normalized spacial score (nSPS) is 32.3. The van der Waals surface area contributed by atoms with Crippen LogP contribution in [0.25, 0.3) is 11.3 Å². The van der Waals surface area contributed by atoms with Crippen molar-refractivity contribution in [3.63, 3.8) is 0 Å². The van der Waals surface area contributed by atoms with Crippen molar-refractivity contribution < 1.29 is 28.6 Å². The highest BCUT2D eigenvalue weighted by Crippen LogP contribution is 2.45. The van der Waals surface area contributed by atoms with E-state index in [9.17, 15) is 14.4 Å². The topological polar surface area (TPSA) is 142 Å². The fraction of sp³-hybridized carbons (Fsp3) is 0.711. The van der Waals surface area contributed by atoms with Gasteiger partial charge in [0.15, 0.2) is 5.60 Å². The quantitative estimate of drug-likeness (QED) is 0.124. The molecule has 282 valence electrons. The first-order chi connectivity index (χ1) is 24.1. The van der Waals surface area contributed by atoms with Crippen LogP contribution in [0.2, 0.25) is 5.31 Å². The predicted molar refractivity (Wildman–Crippen MR) is 201 cm³/mol. The Balaban J connectivity index is 1.55. The number of anilines is 1. The standard InChI is InChI=1S/C38H61BN6O6/c1-10-32-37(7)34(45(36(48)51-37)20-12-11-19-44-23-31(41-42-44)29-14-13-15-30(40)22-29)27(5)43(8)21-17-24(2)16-18-38(39,28(6)49-9)26(4)33(46)25(3)35(47)50-32/h13-15,22-28,32,34H,10-12,16-21,39-40H2,1-9H3/t24-,25+,26-,27-,28?,32+,34+,37+,38-/m0/s1. The minimum absolute atomic E-state index is 0.108. The van der Waals surface area contributed by atoms with Gasteiger partial charge in [-0.15, -0.1) is 5.10 Å². The number of hydrogen-bond donors (Lipinski definition) is 1. The Labute approximate surface area is 305 Å². The van der Waals surface area contributed by atoms with Crippen molar-refractivity contribution in [2.24, 2.45) is 17.8 Å². The number of hydrogen-bond acceptors (Lipinski definition) is 10. The third-order valence-electron chi connectivity index (χ3n) is 12.3. The van der Waals surface area contributed by atoms with E-state index in [1.165, 1.54) is 0 Å². The number of methoxy groups -OCH3 is 1. The van der Waals surface area contributed by atoms with E-state index in [-0.39, 0.29) is 17.9 Å². The lowest BCUT2D eigenvalue weighted by Crippen LogP contribution is -2.61. The molecule has 2 N–H and O–H groups in total. The molecule has 9 atom stereocenters. The molecule has 2 aliphatic heterocycles. The molecule has 2 aromatic rings. The number of ether oxygens (including phenoxy) is 3. The Hall–Kier alpha value is -3.45. The minimum Gasteiger partial charge on any atom is -0.458 e. The molecule has 0 bridgehead atoms. The number of aromatic nitrogens is 3. The first-order valence-electron chi connectivity index (χ1n) is 18.8. The molecule has 1 amide bonds. The van der Waals surface area contributed by atoms with Crippen LogP contribution in [0.3, 0.4) is 0 Å². The van der Waals surface area contributed by atoms with Crippen molar-refractivity contribution >= 4 is 31.4 Å². The number of aryl methyl sites for hydroxylation is 1. The molecule has 0 spiro atoms. The van der Waals surface area contributed by atoms with E-state index in [0.29, 0.717) is 37.5 Å². The number of nitrogen functional groups attached to an aromatic ring is 1. The summed E-state index contributed by atoms with van der Waals surface area (Å²) in [5, 5.41) is 8.15. The zero-order valence-electron chi connectivity index (χ0n) is 32.6. The van der Waals surface area contributed by atoms with Crippen LogP contribution in [0, 0.1) is 17.8 Å². The number of esters is 1. The van der Waals surface area contributed by atoms with Gasteiger partial charge in [0.2, 0.25) is 0 Å². The predicted octanol–water partition coefficient (Wildman–Crippen LogP) is 5.02. The van der Waals surface area contributed by atoms with Gasteiger partial charge in [-0.05, 0) is 90.3 Å². The van der Waals surface area contributed by atoms with Gasteiger partial charge in [-0.1, -0.05) is 51.0 Å². The van der Waals surface area contributed by atoms with E-state index < -0.39 is 47.0 Å². The number of rotatable bonds is 9. The third-order valence-corrected chi connectivity index (χ3v) is 12.3. The van der Waals surface area contributed by atoms with Crippen LogP contribution in [0.5, 0.6) is 0 Å². The molecule has 2 aliphatic rings. The lowest BCUT2D eigenvalue weighted by atomic mass is 9.53. The highest BCUT2D eigenvalue weighted by Gasteiger charge is 2.59. The second kappa shape index (κ2) is 16.9. The molecule has 2 fully saturated rings. The highest BCUT2D eigenvalue weighted by molar-refractivity contribution is 6.18. The van der Waals surface area contributed by atoms with Crippen molar-refractivity contribution in [3.8, 4) is 11.3 Å². The van der Waals surface area contributed by atoms with Crippen LogP contribution in [0.15, 0.2) is 30.5 Å². The summed E-state index contributed by atoms with van der Waals surface area (Å²) >= 11 is 0. The molecule has 13 heteroatoms. The van der Waals surface area contributed by atoms with Gasteiger partial charge in [-0.2, -0.15) is 0 Å². The number of carbonyl (C=O) groups is 3. The molecule has 12 nitrogen and oxygen atoms in total. The van der Waals surface area contributed by atoms with Crippen molar-refractivity contribution in [2.75, 3.05) is 33.0 Å². The lowest BCUT2D eigenvalue weighted by molar-refractivity contribution is -0.171. The number of fused-ring (bicyclic) bond motifs is 1. The molecule has 1 unspecified atom stereocenters. The molecule has 3 heterocycles. The number of nitrogens with zero attached hydrogens (tertiary/aromatic N) is 5. The van der Waals surface area contributed by atoms with Gasteiger partial charge in [0.25, 0.3) is 0 Å². The average Bonchev–Trinajstić information content (AvgIpc) is 3.69. The van der Waals surface area contributed by atoms with E-state index in [2.05, 4.69) is 44.0 Å². The van der Waals surface area contributed by atoms with E-state index >= 15 is 0 Å². The van der Waals surface area contributed by atoms with Crippen LogP contribution in [0.4, 0.5) is 10.5 Å². The average molecular weight is 709 g/mol. The van der Waals surface area contributed by atoms with Gasteiger partial charge in [0.05, 0.1) is 18.3 Å². The van der Waals surface area contributed by atoms with Gasteiger partial charge >= 0.3 is 12.1 Å². The molecule has 1 aromatic carbocycles. The Morgan fingerprint density at radius 2 is 1.82 bits per heavy atom. The molecule has 2 saturated heterocycles. The number of carbonyl (C=O) groups excluding carboxylic acids is 3. The fourth-order valence-electron chi connectivity index (χ4n) is 8.03. The van der Waals surface area contributed by atoms with Gasteiger partial charge in [-0.25, -0.2) is 4.79 Å². The zero-order valence-corrected chi connectivity index (χ0v) is 32.6. The number of nitrogens with two attached hydrogens (primary N) is 1. The number of likely N-dealkylation sites (N-methyl/N-ethyl adjacent to an activating group) is 1. The van der Waals surface area contributed by atoms with Gasteiger partial charge in [-0.3, -0.25) is 19.2 Å². The third kappa shape index (κ3) is 8.79. The minimum atomic E-state index is -1.14. The molecule has 0 saturated carbocycles. The first kappa shape index (κ1) is 40.3. The summed E-state index contributed by atoms with van der Waals surface area (Å²) < 4.78 is 20.0. The maximum absolute atomic E-state index is 13.9. The molecule has 0 radical (unpaired) electrons. The number of Topliss-reactive ketones (excluding diaryl/α,β-unsaturated/α-hetero) is 1. The number of cyclic esters (lactones) is 1. The van der Waals surface area contributed by atoms with Gasteiger partial charge in [0, 0.05) is 43.4 Å². The molecule has 0 aliphatic carbocycles. The number of benzene rings is 1. The second-order valence-corrected chi connectivity index (χ2v) is 15.6. The largest absolute Gasteiger partial charge is 0.458 e. The van der Waals surface area contributed by atoms with Crippen LogP contribution < -0.4 is 5.73 Å². The molecule has 4 rings (SSSR count). The van der Waals surface area contributed by atoms with Crippen LogP contribution in [-0.2, 0) is 30.3 Å². The van der Waals surface area contributed by atoms with Crippen LogP contribution in [-0.4, -0.2) is 108 Å². The van der Waals surface area contributed by atoms with E-state index in [0.717, 1.165) is 43.5 Å². The fourth-order valence-corrected chi connectivity index (χ4v) is 8.03. The highest BCUT2D eigenvalue weighted by atomic mass is 16.6. The van der Waals surface area contributed by atoms with Crippen molar-refractivity contribution in [1.29, 1.82) is 0 Å².